The summed E-state index contributed by atoms with van der Waals surface area (Å²) < 4.78 is 66.6. The van der Waals surface area contributed by atoms with E-state index in [1.54, 1.807) is 19.1 Å². The zero-order chi connectivity index (χ0) is 23.9. The summed E-state index contributed by atoms with van der Waals surface area (Å²) in [6.07, 6.45) is -2.20. The molecule has 0 N–H and O–H groups in total. The van der Waals surface area contributed by atoms with Crippen LogP contribution in [0.2, 0.25) is 5.02 Å². The van der Waals surface area contributed by atoms with Crippen molar-refractivity contribution in [2.24, 2.45) is 0 Å². The Hall–Kier alpha value is -2.52. The summed E-state index contributed by atoms with van der Waals surface area (Å²) in [7, 11) is -4.19. The number of hydrogen-bond donors (Lipinski definition) is 0. The molecule has 2 aromatic carbocycles. The molecule has 0 fully saturated rings. The molecule has 0 aliphatic carbocycles. The fourth-order valence-electron chi connectivity index (χ4n) is 3.01. The van der Waals surface area contributed by atoms with E-state index in [1.165, 1.54) is 36.4 Å². The van der Waals surface area contributed by atoms with E-state index in [-0.39, 0.29) is 34.3 Å². The number of amides is 1. The number of anilines is 1. The summed E-state index contributed by atoms with van der Waals surface area (Å²) in [5, 5.41) is 0.195. The van der Waals surface area contributed by atoms with Crippen LogP contribution in [0.25, 0.3) is 0 Å². The maximum absolute atomic E-state index is 13.3. The first-order chi connectivity index (χ1) is 15.0. The monoisotopic (exact) mass is 488 g/mol. The molecule has 32 heavy (non-hydrogen) atoms. The van der Waals surface area contributed by atoms with Crippen LogP contribution in [0, 0.1) is 0 Å². The molecule has 0 bridgehead atoms. The van der Waals surface area contributed by atoms with Crippen LogP contribution < -0.4 is 4.31 Å². The van der Waals surface area contributed by atoms with Crippen LogP contribution in [0.1, 0.15) is 30.1 Å². The maximum Gasteiger partial charge on any atom is 0.406 e. The third-order valence-corrected chi connectivity index (χ3v) is 6.62. The zero-order valence-electron chi connectivity index (χ0n) is 17.5. The molecule has 0 spiro atoms. The number of sulfonamides is 1. The SMILES string of the molecule is C=CCN(c1ccccc1Cl)S(=O)(=O)c1cccc(C(=O)N(CCCC)CC(F)(F)F)c1. The summed E-state index contributed by atoms with van der Waals surface area (Å²) in [4.78, 5) is 13.2. The van der Waals surface area contributed by atoms with Crippen molar-refractivity contribution >= 4 is 33.2 Å². The second-order valence-electron chi connectivity index (χ2n) is 7.00. The van der Waals surface area contributed by atoms with E-state index in [0.29, 0.717) is 17.7 Å². The molecule has 174 valence electrons. The highest BCUT2D eigenvalue weighted by molar-refractivity contribution is 7.92. The Morgan fingerprint density at radius 1 is 1.16 bits per heavy atom. The number of unbranched alkanes of at least 4 members (excludes halogenated alkanes) is 1. The minimum Gasteiger partial charge on any atom is -0.330 e. The Morgan fingerprint density at radius 2 is 1.84 bits per heavy atom. The quantitative estimate of drug-likeness (QED) is 0.413. The summed E-state index contributed by atoms with van der Waals surface area (Å²) in [5.41, 5.74) is 0.0663. The van der Waals surface area contributed by atoms with Gasteiger partial charge in [-0.1, -0.05) is 49.2 Å². The molecule has 0 unspecified atom stereocenters. The second kappa shape index (κ2) is 10.9. The first kappa shape index (κ1) is 25.7. The Bertz CT molecular complexity index is 1060. The van der Waals surface area contributed by atoms with E-state index < -0.39 is 28.7 Å². The van der Waals surface area contributed by atoms with Crippen LogP contribution in [-0.4, -0.2) is 45.0 Å². The van der Waals surface area contributed by atoms with E-state index in [0.717, 1.165) is 10.4 Å². The van der Waals surface area contributed by atoms with Gasteiger partial charge in [-0.25, -0.2) is 8.42 Å². The average Bonchev–Trinajstić information content (AvgIpc) is 2.74. The van der Waals surface area contributed by atoms with Gasteiger partial charge in [0, 0.05) is 12.1 Å². The molecule has 0 atom stereocenters. The summed E-state index contributed by atoms with van der Waals surface area (Å²) in [5.74, 6) is -0.888. The van der Waals surface area contributed by atoms with Gasteiger partial charge in [0.05, 0.1) is 22.2 Å². The van der Waals surface area contributed by atoms with Crippen molar-refractivity contribution in [2.75, 3.05) is 23.9 Å². The first-order valence-corrected chi connectivity index (χ1v) is 11.7. The lowest BCUT2D eigenvalue weighted by Crippen LogP contribution is -2.39. The molecule has 1 amide bonds. The Labute approximate surface area is 191 Å². The van der Waals surface area contributed by atoms with E-state index >= 15 is 0 Å². The zero-order valence-corrected chi connectivity index (χ0v) is 19.1. The van der Waals surface area contributed by atoms with Crippen LogP contribution in [0.4, 0.5) is 18.9 Å². The summed E-state index contributed by atoms with van der Waals surface area (Å²) in [6, 6.07) is 11.3. The van der Waals surface area contributed by atoms with E-state index in [9.17, 15) is 26.4 Å². The third-order valence-electron chi connectivity index (χ3n) is 4.52. The second-order valence-corrected chi connectivity index (χ2v) is 9.27. The highest BCUT2D eigenvalue weighted by Gasteiger charge is 2.33. The van der Waals surface area contributed by atoms with Crippen LogP contribution in [0.15, 0.2) is 66.1 Å². The summed E-state index contributed by atoms with van der Waals surface area (Å²) >= 11 is 6.17. The van der Waals surface area contributed by atoms with E-state index in [2.05, 4.69) is 6.58 Å². The third kappa shape index (κ3) is 6.49. The molecular formula is C22H24ClF3N2O3S. The lowest BCUT2D eigenvalue weighted by atomic mass is 10.2. The van der Waals surface area contributed by atoms with Gasteiger partial charge < -0.3 is 4.90 Å². The number of hydrogen-bond acceptors (Lipinski definition) is 3. The number of carbonyl (C=O) groups excluding carboxylic acids is 1. The van der Waals surface area contributed by atoms with Gasteiger partial charge in [-0.05, 0) is 36.8 Å². The van der Waals surface area contributed by atoms with Crippen molar-refractivity contribution < 1.29 is 26.4 Å². The molecule has 0 aromatic heterocycles. The molecule has 5 nitrogen and oxygen atoms in total. The predicted molar refractivity (Wildman–Crippen MR) is 119 cm³/mol. The topological polar surface area (TPSA) is 57.7 Å². The largest absolute Gasteiger partial charge is 0.406 e. The number of benzene rings is 2. The van der Waals surface area contributed by atoms with Gasteiger partial charge in [-0.2, -0.15) is 13.2 Å². The first-order valence-electron chi connectivity index (χ1n) is 9.85. The normalized spacial score (nSPS) is 11.8. The molecule has 2 rings (SSSR count). The number of carbonyl (C=O) groups is 1. The molecule has 0 aliphatic rings. The number of rotatable bonds is 10. The standard InChI is InChI=1S/C22H24ClF3N2O3S/c1-3-5-14-27(16-22(24,25)26)21(29)17-9-8-10-18(15-17)32(30,31)28(13-4-2)20-12-7-6-11-19(20)23/h4,6-12,15H,2-3,5,13-14,16H2,1H3. The molecule has 0 radical (unpaired) electrons. The Morgan fingerprint density at radius 3 is 2.44 bits per heavy atom. The molecule has 0 saturated heterocycles. The van der Waals surface area contributed by atoms with Gasteiger partial charge in [-0.3, -0.25) is 9.10 Å². The van der Waals surface area contributed by atoms with E-state index in [1.807, 2.05) is 0 Å². The molecule has 10 heteroatoms. The minimum atomic E-state index is -4.57. The molecule has 0 saturated carbocycles. The molecule has 0 heterocycles. The van der Waals surface area contributed by atoms with Crippen molar-refractivity contribution in [2.45, 2.75) is 30.8 Å². The van der Waals surface area contributed by atoms with Crippen LogP contribution >= 0.6 is 11.6 Å². The number of para-hydroxylation sites is 1. The average molecular weight is 489 g/mol. The predicted octanol–water partition coefficient (Wildman–Crippen LogP) is 5.53. The Balaban J connectivity index is 2.46. The van der Waals surface area contributed by atoms with Crippen LogP contribution in [0.3, 0.4) is 0 Å². The lowest BCUT2D eigenvalue weighted by molar-refractivity contribution is -0.140. The smallest absolute Gasteiger partial charge is 0.330 e. The molecular weight excluding hydrogens is 465 g/mol. The van der Waals surface area contributed by atoms with Crippen molar-refractivity contribution in [1.29, 1.82) is 0 Å². The fraction of sp³-hybridized carbons (Fsp3) is 0.318. The number of alkyl halides is 3. The van der Waals surface area contributed by atoms with Gasteiger partial charge in [0.15, 0.2) is 0 Å². The van der Waals surface area contributed by atoms with Gasteiger partial charge >= 0.3 is 6.18 Å². The van der Waals surface area contributed by atoms with Gasteiger partial charge in [0.1, 0.15) is 6.54 Å². The van der Waals surface area contributed by atoms with Gasteiger partial charge in [0.2, 0.25) is 0 Å². The highest BCUT2D eigenvalue weighted by atomic mass is 35.5. The van der Waals surface area contributed by atoms with Crippen molar-refractivity contribution in [3.63, 3.8) is 0 Å². The summed E-state index contributed by atoms with van der Waals surface area (Å²) in [6.45, 7) is 3.78. The van der Waals surface area contributed by atoms with E-state index in [4.69, 9.17) is 11.6 Å². The van der Waals surface area contributed by atoms with Crippen LogP contribution in [-0.2, 0) is 10.0 Å². The Kier molecular flexibility index (Phi) is 8.74. The number of halogens is 4. The van der Waals surface area contributed by atoms with Gasteiger partial charge in [-0.15, -0.1) is 6.58 Å². The highest BCUT2D eigenvalue weighted by Crippen LogP contribution is 2.30. The van der Waals surface area contributed by atoms with Crippen LogP contribution in [0.5, 0.6) is 0 Å². The number of nitrogens with zero attached hydrogens (tertiary/aromatic N) is 2. The molecule has 0 aliphatic heterocycles. The van der Waals surface area contributed by atoms with Crippen molar-refractivity contribution in [3.05, 3.63) is 71.8 Å². The fourth-order valence-corrected chi connectivity index (χ4v) is 4.80. The maximum atomic E-state index is 13.3. The minimum absolute atomic E-state index is 0.0893. The lowest BCUT2D eigenvalue weighted by Gasteiger charge is -2.25. The van der Waals surface area contributed by atoms with Crippen molar-refractivity contribution in [1.82, 2.24) is 4.90 Å². The van der Waals surface area contributed by atoms with Gasteiger partial charge in [0.25, 0.3) is 15.9 Å². The van der Waals surface area contributed by atoms with Crippen molar-refractivity contribution in [3.8, 4) is 0 Å². The molecule has 2 aromatic rings.